The van der Waals surface area contributed by atoms with Gasteiger partial charge in [-0.3, -0.25) is 0 Å². The van der Waals surface area contributed by atoms with Gasteiger partial charge < -0.3 is 0 Å². The first-order chi connectivity index (χ1) is 3.00. The molecule has 0 unspecified atom stereocenters. The van der Waals surface area contributed by atoms with E-state index in [2.05, 4.69) is 9.78 Å². The highest BCUT2D eigenvalue weighted by Crippen LogP contribution is 1.97. The first kappa shape index (κ1) is 22.5. The van der Waals surface area contributed by atoms with Crippen molar-refractivity contribution in [2.45, 2.75) is 12.8 Å². The van der Waals surface area contributed by atoms with Crippen LogP contribution in [0, 0.1) is 0 Å². The van der Waals surface area contributed by atoms with Gasteiger partial charge in [0.25, 0.3) is 0 Å². The third-order valence-electron chi connectivity index (χ3n) is 0.789. The lowest BCUT2D eigenvalue weighted by atomic mass is 10.3. The molecule has 10 heavy (non-hydrogen) atoms. The molecule has 0 aromatic carbocycles. The zero-order chi connectivity index (χ0) is 4.24. The Labute approximate surface area is 85.6 Å². The lowest BCUT2D eigenvalue weighted by molar-refractivity contribution is -0.312. The smallest absolute Gasteiger partial charge is 0.0823 e. The second-order valence-electron chi connectivity index (χ2n) is 1.35. The van der Waals surface area contributed by atoms with Crippen molar-refractivity contribution in [3.8, 4) is 0 Å². The molecule has 0 saturated carbocycles. The molecule has 0 spiro atoms. The molecule has 0 amide bonds. The van der Waals surface area contributed by atoms with Gasteiger partial charge in [0.15, 0.2) is 0 Å². The van der Waals surface area contributed by atoms with Crippen molar-refractivity contribution in [2.24, 2.45) is 0 Å². The van der Waals surface area contributed by atoms with E-state index in [9.17, 15) is 0 Å². The predicted molar refractivity (Wildman–Crippen MR) is 50.1 cm³/mol. The summed E-state index contributed by atoms with van der Waals surface area (Å²) in [6.07, 6.45) is 2.31. The van der Waals surface area contributed by atoms with Crippen molar-refractivity contribution in [2.75, 3.05) is 13.2 Å². The molecular weight excluding hydrogens is 222 g/mol. The van der Waals surface area contributed by atoms with E-state index in [0.29, 0.717) is 0 Å². The van der Waals surface area contributed by atoms with E-state index in [1.54, 1.807) is 0 Å². The molecule has 0 bridgehead atoms. The van der Waals surface area contributed by atoms with Gasteiger partial charge in [0.2, 0.25) is 0 Å². The Bertz CT molecular complexity index is 30.7. The molecule has 1 rings (SSSR count). The van der Waals surface area contributed by atoms with Gasteiger partial charge in [-0.25, -0.2) is 9.78 Å². The van der Waals surface area contributed by atoms with Crippen molar-refractivity contribution in [3.05, 3.63) is 0 Å². The minimum atomic E-state index is 0. The summed E-state index contributed by atoms with van der Waals surface area (Å²) in [6.45, 7) is 1.56. The van der Waals surface area contributed by atoms with E-state index < -0.39 is 0 Å². The highest BCUT2D eigenvalue weighted by atomic mass is 35.5. The molecule has 0 atom stereocenters. The summed E-state index contributed by atoms with van der Waals surface area (Å²) in [5.74, 6) is 0. The van der Waals surface area contributed by atoms with Crippen molar-refractivity contribution in [1.82, 2.24) is 0 Å². The molecule has 0 aromatic rings. The summed E-state index contributed by atoms with van der Waals surface area (Å²) in [5, 5.41) is 0. The zero-order valence-electron chi connectivity index (χ0n) is 5.28. The van der Waals surface area contributed by atoms with E-state index in [-0.39, 0.29) is 49.6 Å². The number of halogens is 4. The molecule has 0 N–H and O–H groups in total. The van der Waals surface area contributed by atoms with E-state index in [1.165, 1.54) is 0 Å². The third kappa shape index (κ3) is 11.8. The van der Waals surface area contributed by atoms with E-state index in [1.807, 2.05) is 0 Å². The molecule has 1 aliphatic heterocycles. The quantitative estimate of drug-likeness (QED) is 0.599. The van der Waals surface area contributed by atoms with Crippen LogP contribution >= 0.6 is 49.6 Å². The van der Waals surface area contributed by atoms with Crippen LogP contribution in [0.15, 0.2) is 0 Å². The molecule has 0 aliphatic carbocycles. The fourth-order valence-corrected chi connectivity index (χ4v) is 0.440. The highest BCUT2D eigenvalue weighted by Gasteiger charge is 1.95. The molecule has 6 heteroatoms. The highest BCUT2D eigenvalue weighted by molar-refractivity contribution is 5.86. The minimum Gasteiger partial charge on any atom is -0.237 e. The Morgan fingerprint density at radius 2 is 0.900 bits per heavy atom. The maximum Gasteiger partial charge on any atom is 0.0823 e. The monoisotopic (exact) mass is 232 g/mol. The maximum absolute atomic E-state index is 4.57. The van der Waals surface area contributed by atoms with Crippen LogP contribution in [0.25, 0.3) is 0 Å². The minimum absolute atomic E-state index is 0. The molecule has 68 valence electrons. The molecular formula is C4H12Cl4O2. The molecule has 2 nitrogen and oxygen atoms in total. The Hall–Kier alpha value is 1.08. The molecule has 1 aliphatic rings. The van der Waals surface area contributed by atoms with E-state index in [4.69, 9.17) is 0 Å². The number of hydrogen-bond donors (Lipinski definition) is 0. The lowest BCUT2D eigenvalue weighted by Gasteiger charge is -2.07. The van der Waals surface area contributed by atoms with Crippen LogP contribution in [-0.2, 0) is 9.78 Å². The first-order valence-corrected chi connectivity index (χ1v) is 2.24. The molecule has 1 saturated heterocycles. The van der Waals surface area contributed by atoms with Crippen LogP contribution in [-0.4, -0.2) is 13.2 Å². The van der Waals surface area contributed by atoms with Gasteiger partial charge in [0, 0.05) is 0 Å². The van der Waals surface area contributed by atoms with Crippen molar-refractivity contribution < 1.29 is 9.78 Å². The van der Waals surface area contributed by atoms with Gasteiger partial charge >= 0.3 is 0 Å². The van der Waals surface area contributed by atoms with Gasteiger partial charge in [0.1, 0.15) is 0 Å². The average Bonchev–Trinajstić information content (AvgIpc) is 1.72. The van der Waals surface area contributed by atoms with Gasteiger partial charge in [-0.15, -0.1) is 49.6 Å². The summed E-state index contributed by atoms with van der Waals surface area (Å²) in [5.41, 5.74) is 0. The number of hydrogen-bond acceptors (Lipinski definition) is 2. The fourth-order valence-electron chi connectivity index (χ4n) is 0.440. The van der Waals surface area contributed by atoms with Crippen molar-refractivity contribution >= 4 is 49.6 Å². The SMILES string of the molecule is C1CCOOC1.Cl.Cl.Cl.Cl. The Balaban J connectivity index is -0.0000000450. The second kappa shape index (κ2) is 16.6. The van der Waals surface area contributed by atoms with Gasteiger partial charge in [-0.05, 0) is 12.8 Å². The normalized spacial score (nSPS) is 14.4. The lowest BCUT2D eigenvalue weighted by Crippen LogP contribution is -2.05. The first-order valence-electron chi connectivity index (χ1n) is 2.24. The standard InChI is InChI=1S/C4H8O2.4ClH/c1-2-4-6-5-3-1;;;;/h1-4H2;4*1H. The van der Waals surface area contributed by atoms with Gasteiger partial charge in [-0.2, -0.15) is 0 Å². The Kier molecular flexibility index (Phi) is 37.2. The van der Waals surface area contributed by atoms with E-state index >= 15 is 0 Å². The number of rotatable bonds is 0. The summed E-state index contributed by atoms with van der Waals surface area (Å²) < 4.78 is 0. The largest absolute Gasteiger partial charge is 0.237 e. The molecule has 0 radical (unpaired) electrons. The van der Waals surface area contributed by atoms with E-state index in [0.717, 1.165) is 26.1 Å². The van der Waals surface area contributed by atoms with Crippen LogP contribution in [0.3, 0.4) is 0 Å². The van der Waals surface area contributed by atoms with Crippen LogP contribution in [0.4, 0.5) is 0 Å². The Morgan fingerprint density at radius 3 is 1.00 bits per heavy atom. The molecule has 1 heterocycles. The Morgan fingerprint density at radius 1 is 0.600 bits per heavy atom. The fraction of sp³-hybridized carbons (Fsp3) is 1.00. The molecule has 1 fully saturated rings. The van der Waals surface area contributed by atoms with Gasteiger partial charge in [0.05, 0.1) is 13.2 Å². The van der Waals surface area contributed by atoms with Gasteiger partial charge in [-0.1, -0.05) is 0 Å². The van der Waals surface area contributed by atoms with Crippen molar-refractivity contribution in [1.29, 1.82) is 0 Å². The third-order valence-corrected chi connectivity index (χ3v) is 0.789. The summed E-state index contributed by atoms with van der Waals surface area (Å²) in [6, 6.07) is 0. The second-order valence-corrected chi connectivity index (χ2v) is 1.35. The van der Waals surface area contributed by atoms with Crippen LogP contribution in [0.1, 0.15) is 12.8 Å². The predicted octanol–water partition coefficient (Wildman–Crippen LogP) is 2.42. The molecule has 0 aromatic heterocycles. The topological polar surface area (TPSA) is 18.5 Å². The summed E-state index contributed by atoms with van der Waals surface area (Å²) in [4.78, 5) is 9.14. The van der Waals surface area contributed by atoms with Crippen molar-refractivity contribution in [3.63, 3.8) is 0 Å². The van der Waals surface area contributed by atoms with Crippen LogP contribution in [0.5, 0.6) is 0 Å². The summed E-state index contributed by atoms with van der Waals surface area (Å²) >= 11 is 0. The maximum atomic E-state index is 4.57. The summed E-state index contributed by atoms with van der Waals surface area (Å²) in [7, 11) is 0. The van der Waals surface area contributed by atoms with Crippen LogP contribution in [0.2, 0.25) is 0 Å². The van der Waals surface area contributed by atoms with Crippen LogP contribution < -0.4 is 0 Å². The average molecular weight is 234 g/mol. The zero-order valence-corrected chi connectivity index (χ0v) is 8.54.